The lowest BCUT2D eigenvalue weighted by molar-refractivity contribution is 0.111. The highest BCUT2D eigenvalue weighted by Crippen LogP contribution is 2.35. The molecule has 0 aliphatic carbocycles. The number of benzene rings is 2. The number of hydrogen-bond acceptors (Lipinski definition) is 4. The molecule has 0 aliphatic heterocycles. The minimum atomic E-state index is -0.0328. The highest BCUT2D eigenvalue weighted by molar-refractivity contribution is 5.79. The van der Waals surface area contributed by atoms with Gasteiger partial charge in [0, 0.05) is 6.07 Å². The molecule has 2 aromatic rings. The summed E-state index contributed by atoms with van der Waals surface area (Å²) in [4.78, 5) is 11.2. The largest absolute Gasteiger partial charge is 0.497 e. The number of carbonyl (C=O) groups is 1. The van der Waals surface area contributed by atoms with Gasteiger partial charge >= 0.3 is 0 Å². The lowest BCUT2D eigenvalue weighted by atomic mass is 9.80. The number of ether oxygens (including phenoxy) is 3. The smallest absolute Gasteiger partial charge is 0.153 e. The summed E-state index contributed by atoms with van der Waals surface area (Å²) in [6.45, 7) is 13.9. The van der Waals surface area contributed by atoms with Crippen molar-refractivity contribution in [3.63, 3.8) is 0 Å². The minimum Gasteiger partial charge on any atom is -0.497 e. The number of carbonyl (C=O) groups excluding carboxylic acids is 1. The van der Waals surface area contributed by atoms with Crippen LogP contribution in [0, 0.1) is 0 Å². The summed E-state index contributed by atoms with van der Waals surface area (Å²) >= 11 is 0. The van der Waals surface area contributed by atoms with Crippen LogP contribution in [-0.2, 0) is 10.8 Å². The predicted octanol–water partition coefficient (Wildman–Crippen LogP) is 5.56. The third-order valence-electron chi connectivity index (χ3n) is 4.60. The Balaban J connectivity index is 2.10. The number of methoxy groups -OCH3 is 1. The van der Waals surface area contributed by atoms with Crippen LogP contribution in [0.2, 0.25) is 0 Å². The van der Waals surface area contributed by atoms with E-state index in [2.05, 4.69) is 53.7 Å². The van der Waals surface area contributed by atoms with Crippen LogP contribution in [0.1, 0.15) is 63.0 Å². The van der Waals surface area contributed by atoms with Gasteiger partial charge in [0.25, 0.3) is 0 Å². The van der Waals surface area contributed by atoms with Gasteiger partial charge in [0.2, 0.25) is 0 Å². The van der Waals surface area contributed by atoms with Crippen molar-refractivity contribution in [2.24, 2.45) is 0 Å². The molecule has 0 fully saturated rings. The Morgan fingerprint density at radius 2 is 1.46 bits per heavy atom. The van der Waals surface area contributed by atoms with Crippen molar-refractivity contribution in [3.8, 4) is 17.2 Å². The van der Waals surface area contributed by atoms with Crippen molar-refractivity contribution in [3.05, 3.63) is 53.1 Å². The molecule has 4 nitrogen and oxygen atoms in total. The van der Waals surface area contributed by atoms with Crippen LogP contribution in [0.3, 0.4) is 0 Å². The molecule has 0 N–H and O–H groups in total. The second kappa shape index (κ2) is 8.68. The number of hydrogen-bond donors (Lipinski definition) is 0. The maximum absolute atomic E-state index is 11.2. The molecule has 0 saturated heterocycles. The van der Waals surface area contributed by atoms with Crippen LogP contribution >= 0.6 is 0 Å². The van der Waals surface area contributed by atoms with Gasteiger partial charge in [0.1, 0.15) is 30.5 Å². The molecular formula is C24H32O4. The summed E-state index contributed by atoms with van der Waals surface area (Å²) in [6, 6.07) is 11.5. The molecule has 152 valence electrons. The molecule has 2 aromatic carbocycles. The van der Waals surface area contributed by atoms with E-state index in [1.54, 1.807) is 25.3 Å². The van der Waals surface area contributed by atoms with Gasteiger partial charge in [-0.25, -0.2) is 0 Å². The Bertz CT molecular complexity index is 810. The van der Waals surface area contributed by atoms with Gasteiger partial charge in [-0.2, -0.15) is 0 Å². The molecule has 0 saturated carbocycles. The Kier molecular flexibility index (Phi) is 6.76. The lowest BCUT2D eigenvalue weighted by Crippen LogP contribution is -2.19. The molecule has 0 heterocycles. The van der Waals surface area contributed by atoms with E-state index in [0.29, 0.717) is 30.3 Å². The van der Waals surface area contributed by atoms with Crippen molar-refractivity contribution in [1.29, 1.82) is 0 Å². The monoisotopic (exact) mass is 384 g/mol. The van der Waals surface area contributed by atoms with Gasteiger partial charge in [-0.05, 0) is 40.2 Å². The van der Waals surface area contributed by atoms with Gasteiger partial charge in [-0.3, -0.25) is 4.79 Å². The highest BCUT2D eigenvalue weighted by atomic mass is 16.5. The Morgan fingerprint density at radius 1 is 0.821 bits per heavy atom. The van der Waals surface area contributed by atoms with E-state index in [4.69, 9.17) is 14.2 Å². The first-order chi connectivity index (χ1) is 13.1. The second-order valence-corrected chi connectivity index (χ2v) is 8.93. The number of rotatable bonds is 7. The van der Waals surface area contributed by atoms with Crippen molar-refractivity contribution in [2.75, 3.05) is 20.3 Å². The first-order valence-electron chi connectivity index (χ1n) is 9.60. The predicted molar refractivity (Wildman–Crippen MR) is 113 cm³/mol. The Labute approximate surface area is 168 Å². The fraction of sp³-hybridized carbons (Fsp3) is 0.458. The van der Waals surface area contributed by atoms with E-state index < -0.39 is 0 Å². The van der Waals surface area contributed by atoms with Crippen molar-refractivity contribution >= 4 is 6.29 Å². The van der Waals surface area contributed by atoms with Crippen LogP contribution in [0.5, 0.6) is 17.2 Å². The van der Waals surface area contributed by atoms with E-state index in [9.17, 15) is 4.79 Å². The molecule has 0 aromatic heterocycles. The van der Waals surface area contributed by atoms with Crippen LogP contribution in [0.4, 0.5) is 0 Å². The van der Waals surface area contributed by atoms with Crippen LogP contribution in [0.25, 0.3) is 0 Å². The quantitative estimate of drug-likeness (QED) is 0.463. The van der Waals surface area contributed by atoms with Crippen LogP contribution in [-0.4, -0.2) is 26.6 Å². The van der Waals surface area contributed by atoms with Gasteiger partial charge < -0.3 is 14.2 Å². The minimum absolute atomic E-state index is 0.0328. The molecule has 4 heteroatoms. The first kappa shape index (κ1) is 21.8. The second-order valence-electron chi connectivity index (χ2n) is 8.93. The zero-order valence-corrected chi connectivity index (χ0v) is 18.1. The molecule has 0 bridgehead atoms. The van der Waals surface area contributed by atoms with Gasteiger partial charge in [-0.1, -0.05) is 53.7 Å². The topological polar surface area (TPSA) is 44.8 Å². The van der Waals surface area contributed by atoms with Gasteiger partial charge in [0.05, 0.1) is 12.7 Å². The fourth-order valence-electron chi connectivity index (χ4n) is 2.88. The molecule has 0 amide bonds. The van der Waals surface area contributed by atoms with E-state index in [0.717, 1.165) is 12.0 Å². The van der Waals surface area contributed by atoms with Crippen molar-refractivity contribution in [1.82, 2.24) is 0 Å². The fourth-order valence-corrected chi connectivity index (χ4v) is 2.88. The molecular weight excluding hydrogens is 352 g/mol. The molecule has 0 atom stereocenters. The summed E-state index contributed by atoms with van der Waals surface area (Å²) in [5, 5.41) is 0. The molecule has 28 heavy (non-hydrogen) atoms. The van der Waals surface area contributed by atoms with Gasteiger partial charge in [0.15, 0.2) is 6.29 Å². The summed E-state index contributed by atoms with van der Waals surface area (Å²) in [5.74, 6) is 2.01. The zero-order chi connectivity index (χ0) is 20.9. The summed E-state index contributed by atoms with van der Waals surface area (Å²) in [7, 11) is 1.58. The summed E-state index contributed by atoms with van der Waals surface area (Å²) < 4.78 is 17.0. The van der Waals surface area contributed by atoms with Crippen LogP contribution < -0.4 is 14.2 Å². The van der Waals surface area contributed by atoms with Crippen molar-refractivity contribution < 1.29 is 19.0 Å². The van der Waals surface area contributed by atoms with Crippen LogP contribution in [0.15, 0.2) is 36.4 Å². The average molecular weight is 385 g/mol. The molecule has 0 spiro atoms. The van der Waals surface area contributed by atoms with E-state index in [1.807, 2.05) is 6.07 Å². The summed E-state index contributed by atoms with van der Waals surface area (Å²) in [6.07, 6.45) is 0.776. The van der Waals surface area contributed by atoms with E-state index in [1.165, 1.54) is 11.1 Å². The molecule has 0 aliphatic rings. The molecule has 0 unspecified atom stereocenters. The number of aldehydes is 1. The Morgan fingerprint density at radius 3 is 2.00 bits per heavy atom. The highest BCUT2D eigenvalue weighted by Gasteiger charge is 2.23. The Hall–Kier alpha value is -2.49. The van der Waals surface area contributed by atoms with E-state index in [-0.39, 0.29) is 10.8 Å². The third-order valence-corrected chi connectivity index (χ3v) is 4.60. The molecule has 0 radical (unpaired) electrons. The summed E-state index contributed by atoms with van der Waals surface area (Å²) in [5.41, 5.74) is 3.00. The third kappa shape index (κ3) is 5.51. The zero-order valence-electron chi connectivity index (χ0n) is 18.1. The standard InChI is InChI=1S/C24H32O4/c1-23(2,3)18-9-11-21(20(14-18)24(4,5)6)27-12-13-28-22-15-19(26-7)10-8-17(22)16-25/h8-11,14-16H,12-13H2,1-7H3. The van der Waals surface area contributed by atoms with E-state index >= 15 is 0 Å². The van der Waals surface area contributed by atoms with Crippen molar-refractivity contribution in [2.45, 2.75) is 52.4 Å². The average Bonchev–Trinajstić information content (AvgIpc) is 2.63. The lowest BCUT2D eigenvalue weighted by Gasteiger charge is -2.27. The first-order valence-corrected chi connectivity index (χ1v) is 9.60. The normalized spacial score (nSPS) is 11.8. The van der Waals surface area contributed by atoms with Gasteiger partial charge in [-0.15, -0.1) is 0 Å². The maximum Gasteiger partial charge on any atom is 0.153 e. The maximum atomic E-state index is 11.2. The SMILES string of the molecule is COc1ccc(C=O)c(OCCOc2ccc(C(C)(C)C)cc2C(C)(C)C)c1. The molecule has 2 rings (SSSR count).